The highest BCUT2D eigenvalue weighted by Crippen LogP contribution is 2.63. The topological polar surface area (TPSA) is 35.0 Å². The molecule has 0 N–H and O–H groups in total. The van der Waals surface area contributed by atoms with Crippen molar-refractivity contribution in [1.29, 1.82) is 0 Å². The minimum atomic E-state index is -0.523. The zero-order valence-electron chi connectivity index (χ0n) is 23.8. The van der Waals surface area contributed by atoms with Crippen molar-refractivity contribution in [2.45, 2.75) is 5.41 Å². The zero-order valence-corrected chi connectivity index (χ0v) is 23.8. The highest BCUT2D eigenvalue weighted by Gasteiger charge is 2.51. The Morgan fingerprint density at radius 1 is 0.409 bits per heavy atom. The number of aromatic nitrogens is 2. The summed E-state index contributed by atoms with van der Waals surface area (Å²) in [6.07, 6.45) is 0. The van der Waals surface area contributed by atoms with Crippen LogP contribution in [0.1, 0.15) is 22.3 Å². The molecule has 0 saturated carbocycles. The summed E-state index contributed by atoms with van der Waals surface area (Å²) in [4.78, 5) is 10.2. The summed E-state index contributed by atoms with van der Waals surface area (Å²) in [5.74, 6) is 2.37. The Morgan fingerprint density at radius 2 is 0.932 bits per heavy atom. The van der Waals surface area contributed by atoms with E-state index in [9.17, 15) is 0 Å². The molecule has 1 aliphatic carbocycles. The van der Waals surface area contributed by atoms with Crippen LogP contribution in [0.3, 0.4) is 0 Å². The van der Waals surface area contributed by atoms with Crippen molar-refractivity contribution in [2.24, 2.45) is 0 Å². The first-order valence-electron chi connectivity index (χ1n) is 14.9. The van der Waals surface area contributed by atoms with Gasteiger partial charge in [-0.25, -0.2) is 9.97 Å². The van der Waals surface area contributed by atoms with Crippen molar-refractivity contribution in [3.8, 4) is 56.5 Å². The van der Waals surface area contributed by atoms with Crippen LogP contribution in [-0.4, -0.2) is 9.97 Å². The molecule has 0 unspecified atom stereocenters. The fourth-order valence-electron chi connectivity index (χ4n) is 7.14. The highest BCUT2D eigenvalue weighted by molar-refractivity contribution is 5.90. The first-order valence-corrected chi connectivity index (χ1v) is 14.9. The minimum absolute atomic E-state index is 0.523. The van der Waals surface area contributed by atoms with Crippen LogP contribution in [0.15, 0.2) is 158 Å². The van der Waals surface area contributed by atoms with Crippen LogP contribution in [-0.2, 0) is 5.41 Å². The third kappa shape index (κ3) is 3.50. The Labute approximate surface area is 256 Å². The third-order valence-electron chi connectivity index (χ3n) is 8.98. The second kappa shape index (κ2) is 9.62. The molecule has 2 aliphatic rings. The summed E-state index contributed by atoms with van der Waals surface area (Å²) >= 11 is 0. The average Bonchev–Trinajstić information content (AvgIpc) is 3.40. The van der Waals surface area contributed by atoms with E-state index in [1.165, 1.54) is 22.3 Å². The van der Waals surface area contributed by atoms with E-state index >= 15 is 0 Å². The lowest BCUT2D eigenvalue weighted by Crippen LogP contribution is -2.32. The second-order valence-corrected chi connectivity index (χ2v) is 11.3. The van der Waals surface area contributed by atoms with Gasteiger partial charge >= 0.3 is 0 Å². The van der Waals surface area contributed by atoms with E-state index in [4.69, 9.17) is 14.7 Å². The van der Waals surface area contributed by atoms with Crippen LogP contribution in [0, 0.1) is 0 Å². The molecular formula is C41H26N2O. The molecule has 3 heteroatoms. The quantitative estimate of drug-likeness (QED) is 0.215. The van der Waals surface area contributed by atoms with Gasteiger partial charge in [0, 0.05) is 27.8 Å². The molecule has 2 heterocycles. The van der Waals surface area contributed by atoms with Gasteiger partial charge in [0.25, 0.3) is 0 Å². The molecule has 1 aromatic heterocycles. The number of nitrogens with zero attached hydrogens (tertiary/aromatic N) is 2. The predicted molar refractivity (Wildman–Crippen MR) is 176 cm³/mol. The number of benzene rings is 6. The monoisotopic (exact) mass is 562 g/mol. The smallest absolute Gasteiger partial charge is 0.160 e. The Morgan fingerprint density at radius 3 is 1.64 bits per heavy atom. The van der Waals surface area contributed by atoms with Crippen LogP contribution in [0.5, 0.6) is 11.5 Å². The average molecular weight is 563 g/mol. The van der Waals surface area contributed by atoms with Crippen molar-refractivity contribution in [2.75, 3.05) is 0 Å². The van der Waals surface area contributed by atoms with Crippen molar-refractivity contribution in [1.82, 2.24) is 9.97 Å². The van der Waals surface area contributed by atoms with Crippen molar-refractivity contribution < 1.29 is 4.74 Å². The van der Waals surface area contributed by atoms with Crippen LogP contribution >= 0.6 is 0 Å². The Kier molecular flexibility index (Phi) is 5.41. The van der Waals surface area contributed by atoms with E-state index < -0.39 is 5.41 Å². The van der Waals surface area contributed by atoms with Crippen molar-refractivity contribution >= 4 is 0 Å². The van der Waals surface area contributed by atoms with Gasteiger partial charge in [-0.2, -0.15) is 0 Å². The first kappa shape index (κ1) is 24.8. The van der Waals surface area contributed by atoms with Gasteiger partial charge < -0.3 is 4.74 Å². The molecule has 0 bridgehead atoms. The fourth-order valence-corrected chi connectivity index (χ4v) is 7.14. The summed E-state index contributed by atoms with van der Waals surface area (Å²) < 4.78 is 6.91. The molecule has 0 saturated heterocycles. The van der Waals surface area contributed by atoms with Crippen LogP contribution in [0.4, 0.5) is 0 Å². The number of para-hydroxylation sites is 2. The number of hydrogen-bond donors (Lipinski definition) is 0. The summed E-state index contributed by atoms with van der Waals surface area (Å²) in [6, 6.07) is 55.1. The summed E-state index contributed by atoms with van der Waals surface area (Å²) in [5, 5.41) is 0. The van der Waals surface area contributed by atoms with Crippen LogP contribution in [0.25, 0.3) is 45.0 Å². The Hall–Kier alpha value is -5.80. The van der Waals surface area contributed by atoms with Gasteiger partial charge in [-0.15, -0.1) is 0 Å². The van der Waals surface area contributed by atoms with E-state index in [1.807, 2.05) is 36.4 Å². The van der Waals surface area contributed by atoms with Crippen molar-refractivity contribution in [3.05, 3.63) is 180 Å². The van der Waals surface area contributed by atoms with Gasteiger partial charge in [0.05, 0.1) is 16.8 Å². The molecule has 0 amide bonds. The van der Waals surface area contributed by atoms with Crippen molar-refractivity contribution in [3.63, 3.8) is 0 Å². The lowest BCUT2D eigenvalue weighted by atomic mass is 9.65. The minimum Gasteiger partial charge on any atom is -0.456 e. The lowest BCUT2D eigenvalue weighted by molar-refractivity contribution is 0.438. The molecular weight excluding hydrogens is 536 g/mol. The lowest BCUT2D eigenvalue weighted by Gasteiger charge is -2.40. The van der Waals surface area contributed by atoms with Gasteiger partial charge in [0.15, 0.2) is 5.82 Å². The highest BCUT2D eigenvalue weighted by atomic mass is 16.5. The first-order chi connectivity index (χ1) is 21.8. The maximum absolute atomic E-state index is 6.91. The van der Waals surface area contributed by atoms with E-state index in [1.54, 1.807) is 0 Å². The summed E-state index contributed by atoms with van der Waals surface area (Å²) in [5.41, 5.74) is 11.5. The maximum Gasteiger partial charge on any atom is 0.160 e. The molecule has 1 aliphatic heterocycles. The number of hydrogen-bond acceptors (Lipinski definition) is 3. The normalized spacial score (nSPS) is 13.4. The zero-order chi connectivity index (χ0) is 29.1. The van der Waals surface area contributed by atoms with Crippen LogP contribution in [0.2, 0.25) is 0 Å². The van der Waals surface area contributed by atoms with Gasteiger partial charge in [-0.3, -0.25) is 0 Å². The SMILES string of the molecule is c1ccc(-c2cc(-c3cccc4c3Oc3ccccc3C43c4ccccc4-c4ccccc43)nc(-c3ccccc3)n2)cc1. The molecule has 0 radical (unpaired) electrons. The van der Waals surface area contributed by atoms with Gasteiger partial charge in [-0.1, -0.05) is 140 Å². The molecule has 0 atom stereocenters. The molecule has 0 fully saturated rings. The fraction of sp³-hybridized carbons (Fsp3) is 0.0244. The van der Waals surface area contributed by atoms with Gasteiger partial charge in [0.2, 0.25) is 0 Å². The third-order valence-corrected chi connectivity index (χ3v) is 8.98. The molecule has 7 aromatic rings. The van der Waals surface area contributed by atoms with Crippen LogP contribution < -0.4 is 4.74 Å². The van der Waals surface area contributed by atoms with E-state index in [2.05, 4.69) is 121 Å². The molecule has 206 valence electrons. The molecule has 3 nitrogen and oxygen atoms in total. The number of ether oxygens (including phenoxy) is 1. The molecule has 44 heavy (non-hydrogen) atoms. The Bertz CT molecular complexity index is 2100. The largest absolute Gasteiger partial charge is 0.456 e. The Balaban J connectivity index is 1.35. The number of fused-ring (bicyclic) bond motifs is 9. The second-order valence-electron chi connectivity index (χ2n) is 11.3. The van der Waals surface area contributed by atoms with Gasteiger partial charge in [-0.05, 0) is 40.5 Å². The number of rotatable bonds is 3. The molecule has 9 rings (SSSR count). The van der Waals surface area contributed by atoms with E-state index in [0.717, 1.165) is 50.7 Å². The maximum atomic E-state index is 6.91. The predicted octanol–water partition coefficient (Wildman–Crippen LogP) is 9.95. The molecule has 6 aromatic carbocycles. The van der Waals surface area contributed by atoms with E-state index in [0.29, 0.717) is 5.82 Å². The van der Waals surface area contributed by atoms with E-state index in [-0.39, 0.29) is 0 Å². The van der Waals surface area contributed by atoms with Gasteiger partial charge in [0.1, 0.15) is 11.5 Å². The summed E-state index contributed by atoms with van der Waals surface area (Å²) in [7, 11) is 0. The standard InChI is InChI=1S/C41H26N2O/c1-3-14-27(15-4-1)36-26-37(43-40(42-36)28-16-5-2-6-17-28)31-20-13-24-35-39(31)44-38-25-12-11-23-34(38)41(35)32-21-9-7-18-29(32)30-19-8-10-22-33(30)41/h1-26H. The summed E-state index contributed by atoms with van der Waals surface area (Å²) in [6.45, 7) is 0. The molecule has 1 spiro atoms.